The Morgan fingerprint density at radius 3 is 2.56 bits per heavy atom. The molecular formula is C13H24O3. The van der Waals surface area contributed by atoms with Gasteiger partial charge in [-0.25, -0.2) is 0 Å². The van der Waals surface area contributed by atoms with Crippen molar-refractivity contribution in [2.75, 3.05) is 0 Å². The molecular weight excluding hydrogens is 204 g/mol. The number of ether oxygens (including phenoxy) is 1. The molecule has 0 fully saturated rings. The maximum atomic E-state index is 11.2. The first-order valence-electron chi connectivity index (χ1n) is 6.33. The van der Waals surface area contributed by atoms with Crippen molar-refractivity contribution in [2.45, 2.75) is 71.3 Å². The van der Waals surface area contributed by atoms with E-state index < -0.39 is 0 Å². The lowest BCUT2D eigenvalue weighted by atomic mass is 10.1. The summed E-state index contributed by atoms with van der Waals surface area (Å²) in [5.41, 5.74) is 0. The number of carbonyl (C=O) groups is 2. The molecule has 1 unspecified atom stereocenters. The second-order valence-corrected chi connectivity index (χ2v) is 4.21. The van der Waals surface area contributed by atoms with Crippen LogP contribution in [0, 0.1) is 0 Å². The molecule has 0 aromatic heterocycles. The number of hydrogen-bond acceptors (Lipinski definition) is 3. The maximum absolute atomic E-state index is 11.2. The fourth-order valence-electron chi connectivity index (χ4n) is 1.56. The zero-order valence-corrected chi connectivity index (χ0v) is 10.5. The number of unbranched alkanes of at least 4 members (excludes halogenated alkanes) is 4. The first kappa shape index (κ1) is 15.1. The number of carbonyl (C=O) groups excluding carboxylic acids is 2. The molecule has 0 bridgehead atoms. The summed E-state index contributed by atoms with van der Waals surface area (Å²) in [6, 6.07) is 0. The average molecular weight is 228 g/mol. The lowest BCUT2D eigenvalue weighted by Gasteiger charge is -2.12. The molecule has 0 aliphatic carbocycles. The molecule has 0 heterocycles. The largest absolute Gasteiger partial charge is 0.463 e. The monoisotopic (exact) mass is 228 g/mol. The van der Waals surface area contributed by atoms with Crippen LogP contribution < -0.4 is 0 Å². The van der Waals surface area contributed by atoms with Gasteiger partial charge in [-0.2, -0.15) is 0 Å². The third-order valence-corrected chi connectivity index (χ3v) is 2.47. The molecule has 0 spiro atoms. The summed E-state index contributed by atoms with van der Waals surface area (Å²) in [6.45, 7) is 3.91. The fourth-order valence-corrected chi connectivity index (χ4v) is 1.56. The van der Waals surface area contributed by atoms with Crippen LogP contribution in [0.15, 0.2) is 0 Å². The van der Waals surface area contributed by atoms with E-state index in [2.05, 4.69) is 0 Å². The van der Waals surface area contributed by atoms with E-state index in [0.717, 1.165) is 44.8 Å². The zero-order valence-electron chi connectivity index (χ0n) is 10.5. The molecule has 1 atom stereocenters. The molecule has 0 aromatic carbocycles. The molecule has 0 aliphatic rings. The highest BCUT2D eigenvalue weighted by atomic mass is 16.5. The van der Waals surface area contributed by atoms with Crippen molar-refractivity contribution in [3.8, 4) is 0 Å². The van der Waals surface area contributed by atoms with Crippen LogP contribution in [0.25, 0.3) is 0 Å². The quantitative estimate of drug-likeness (QED) is 0.327. The molecule has 0 aliphatic heterocycles. The second-order valence-electron chi connectivity index (χ2n) is 4.21. The molecule has 0 N–H and O–H groups in total. The summed E-state index contributed by atoms with van der Waals surface area (Å²) < 4.78 is 5.22. The van der Waals surface area contributed by atoms with Gasteiger partial charge in [-0.3, -0.25) is 4.79 Å². The minimum Gasteiger partial charge on any atom is -0.463 e. The highest BCUT2D eigenvalue weighted by molar-refractivity contribution is 5.69. The zero-order chi connectivity index (χ0) is 12.2. The Morgan fingerprint density at radius 2 is 1.94 bits per heavy atom. The van der Waals surface area contributed by atoms with E-state index >= 15 is 0 Å². The van der Waals surface area contributed by atoms with Crippen molar-refractivity contribution in [3.63, 3.8) is 0 Å². The molecule has 94 valence electrons. The van der Waals surface area contributed by atoms with Crippen LogP contribution in [0.5, 0.6) is 0 Å². The minimum absolute atomic E-state index is 0.0325. The molecule has 3 nitrogen and oxygen atoms in total. The Kier molecular flexibility index (Phi) is 10.1. The molecule has 0 saturated heterocycles. The van der Waals surface area contributed by atoms with Crippen molar-refractivity contribution < 1.29 is 14.3 Å². The van der Waals surface area contributed by atoms with Crippen LogP contribution in [0.2, 0.25) is 0 Å². The van der Waals surface area contributed by atoms with Gasteiger partial charge >= 0.3 is 5.97 Å². The number of aldehydes is 1. The van der Waals surface area contributed by atoms with Gasteiger partial charge in [-0.05, 0) is 32.6 Å². The molecule has 0 saturated carbocycles. The second kappa shape index (κ2) is 10.7. The van der Waals surface area contributed by atoms with Crippen molar-refractivity contribution in [2.24, 2.45) is 0 Å². The summed E-state index contributed by atoms with van der Waals surface area (Å²) in [4.78, 5) is 21.2. The molecule has 0 rings (SSSR count). The van der Waals surface area contributed by atoms with E-state index in [-0.39, 0.29) is 12.1 Å². The Morgan fingerprint density at radius 1 is 1.25 bits per heavy atom. The summed E-state index contributed by atoms with van der Waals surface area (Å²) in [7, 11) is 0. The standard InChI is InChI=1S/C13H24O3/c1-3-9-13(15)16-12(2)10-7-5-4-6-8-11-14/h11-12H,3-10H2,1-2H3. The third kappa shape index (κ3) is 9.69. The van der Waals surface area contributed by atoms with Crippen LogP contribution in [-0.4, -0.2) is 18.4 Å². The van der Waals surface area contributed by atoms with Crippen LogP contribution in [0.3, 0.4) is 0 Å². The molecule has 16 heavy (non-hydrogen) atoms. The van der Waals surface area contributed by atoms with E-state index in [1.54, 1.807) is 0 Å². The van der Waals surface area contributed by atoms with Gasteiger partial charge in [0.05, 0.1) is 6.10 Å². The maximum Gasteiger partial charge on any atom is 0.306 e. The van der Waals surface area contributed by atoms with E-state index in [1.165, 1.54) is 0 Å². The summed E-state index contributed by atoms with van der Waals surface area (Å²) in [5, 5.41) is 0. The highest BCUT2D eigenvalue weighted by Gasteiger charge is 2.07. The lowest BCUT2D eigenvalue weighted by molar-refractivity contribution is -0.148. The van der Waals surface area contributed by atoms with Gasteiger partial charge in [0.25, 0.3) is 0 Å². The lowest BCUT2D eigenvalue weighted by Crippen LogP contribution is -2.14. The van der Waals surface area contributed by atoms with Gasteiger partial charge in [0.15, 0.2) is 0 Å². The smallest absolute Gasteiger partial charge is 0.306 e. The first-order chi connectivity index (χ1) is 7.70. The van der Waals surface area contributed by atoms with Crippen molar-refractivity contribution in [3.05, 3.63) is 0 Å². The van der Waals surface area contributed by atoms with Gasteiger partial charge in [-0.1, -0.05) is 19.8 Å². The van der Waals surface area contributed by atoms with E-state index in [1.807, 2.05) is 13.8 Å². The normalized spacial score (nSPS) is 12.1. The third-order valence-electron chi connectivity index (χ3n) is 2.47. The van der Waals surface area contributed by atoms with Gasteiger partial charge in [-0.15, -0.1) is 0 Å². The fraction of sp³-hybridized carbons (Fsp3) is 0.846. The van der Waals surface area contributed by atoms with Crippen molar-refractivity contribution in [1.82, 2.24) is 0 Å². The van der Waals surface area contributed by atoms with Gasteiger partial charge in [0, 0.05) is 12.8 Å². The van der Waals surface area contributed by atoms with Gasteiger partial charge < -0.3 is 9.53 Å². The summed E-state index contributed by atoms with van der Waals surface area (Å²) in [6.07, 6.45) is 8.21. The Balaban J connectivity index is 3.32. The highest BCUT2D eigenvalue weighted by Crippen LogP contribution is 2.09. The van der Waals surface area contributed by atoms with Gasteiger partial charge in [0.1, 0.15) is 6.29 Å². The Bertz CT molecular complexity index is 190. The molecule has 3 heteroatoms. The number of hydrogen-bond donors (Lipinski definition) is 0. The van der Waals surface area contributed by atoms with E-state index in [9.17, 15) is 9.59 Å². The van der Waals surface area contributed by atoms with Crippen molar-refractivity contribution >= 4 is 12.3 Å². The van der Waals surface area contributed by atoms with E-state index in [4.69, 9.17) is 4.74 Å². The number of rotatable bonds is 10. The SMILES string of the molecule is CCCC(=O)OC(C)CCCCCCC=O. The average Bonchev–Trinajstić information content (AvgIpc) is 2.23. The Labute approximate surface area is 98.6 Å². The van der Waals surface area contributed by atoms with E-state index in [0.29, 0.717) is 12.8 Å². The van der Waals surface area contributed by atoms with Crippen LogP contribution in [0.1, 0.15) is 65.2 Å². The number of esters is 1. The van der Waals surface area contributed by atoms with Gasteiger partial charge in [0.2, 0.25) is 0 Å². The topological polar surface area (TPSA) is 43.4 Å². The van der Waals surface area contributed by atoms with Crippen LogP contribution in [0.4, 0.5) is 0 Å². The predicted molar refractivity (Wildman–Crippen MR) is 64.2 cm³/mol. The predicted octanol–water partition coefficient (Wildman–Crippen LogP) is 3.26. The first-order valence-corrected chi connectivity index (χ1v) is 6.33. The molecule has 0 amide bonds. The molecule has 0 aromatic rings. The summed E-state index contributed by atoms with van der Waals surface area (Å²) in [5.74, 6) is -0.0871. The minimum atomic E-state index is -0.0871. The van der Waals surface area contributed by atoms with Crippen molar-refractivity contribution in [1.29, 1.82) is 0 Å². The summed E-state index contributed by atoms with van der Waals surface area (Å²) >= 11 is 0. The molecule has 0 radical (unpaired) electrons. The van der Waals surface area contributed by atoms with Crippen LogP contribution >= 0.6 is 0 Å². The Hall–Kier alpha value is -0.860. The van der Waals surface area contributed by atoms with Crippen LogP contribution in [-0.2, 0) is 14.3 Å².